The molecular weight excluding hydrogens is 295 g/mol. The predicted molar refractivity (Wildman–Crippen MR) is 72.9 cm³/mol. The SMILES string of the molecule is Cc1cc(=O)n2nc(NC[C@H]3CC3(Cl)Cl)sc2n1. The average molecular weight is 305 g/mol. The molecule has 18 heavy (non-hydrogen) atoms. The molecular formula is C10H10Cl2N4OS. The number of nitrogens with one attached hydrogen (secondary N) is 1. The van der Waals surface area contributed by atoms with Crippen LogP contribution in [0.4, 0.5) is 5.13 Å². The van der Waals surface area contributed by atoms with Gasteiger partial charge in [0.25, 0.3) is 5.56 Å². The molecule has 0 radical (unpaired) electrons. The van der Waals surface area contributed by atoms with E-state index in [9.17, 15) is 4.79 Å². The molecule has 2 heterocycles. The summed E-state index contributed by atoms with van der Waals surface area (Å²) in [6.07, 6.45) is 0.783. The summed E-state index contributed by atoms with van der Waals surface area (Å²) in [5, 5.41) is 7.95. The fourth-order valence-corrected chi connectivity index (χ4v) is 3.08. The molecule has 0 spiro atoms. The van der Waals surface area contributed by atoms with Crippen molar-refractivity contribution in [3.8, 4) is 0 Å². The number of hydrogen-bond acceptors (Lipinski definition) is 5. The zero-order valence-electron chi connectivity index (χ0n) is 9.48. The molecule has 0 saturated heterocycles. The number of alkyl halides is 2. The van der Waals surface area contributed by atoms with Crippen LogP contribution >= 0.6 is 34.5 Å². The van der Waals surface area contributed by atoms with Crippen LogP contribution in [-0.4, -0.2) is 25.5 Å². The fraction of sp³-hybridized carbons (Fsp3) is 0.500. The van der Waals surface area contributed by atoms with E-state index in [4.69, 9.17) is 23.2 Å². The molecule has 0 aromatic carbocycles. The number of fused-ring (bicyclic) bond motifs is 1. The van der Waals surface area contributed by atoms with E-state index in [2.05, 4.69) is 15.4 Å². The van der Waals surface area contributed by atoms with Crippen molar-refractivity contribution in [1.29, 1.82) is 0 Å². The third-order valence-corrected chi connectivity index (χ3v) is 4.62. The molecule has 3 rings (SSSR count). The maximum absolute atomic E-state index is 11.7. The van der Waals surface area contributed by atoms with E-state index < -0.39 is 4.33 Å². The van der Waals surface area contributed by atoms with Gasteiger partial charge in [0.1, 0.15) is 4.33 Å². The zero-order valence-corrected chi connectivity index (χ0v) is 11.8. The summed E-state index contributed by atoms with van der Waals surface area (Å²) < 4.78 is 0.691. The van der Waals surface area contributed by atoms with Crippen LogP contribution in [-0.2, 0) is 0 Å². The van der Waals surface area contributed by atoms with Crippen molar-refractivity contribution in [3.05, 3.63) is 22.1 Å². The van der Waals surface area contributed by atoms with E-state index in [1.807, 2.05) is 0 Å². The molecule has 1 aliphatic carbocycles. The van der Waals surface area contributed by atoms with E-state index in [0.29, 0.717) is 22.3 Å². The molecule has 1 fully saturated rings. The molecule has 0 unspecified atom stereocenters. The Labute approximate surface area is 117 Å². The van der Waals surface area contributed by atoms with Gasteiger partial charge in [0.05, 0.1) is 0 Å². The number of aryl methyl sites for hydroxylation is 1. The highest BCUT2D eigenvalue weighted by Crippen LogP contribution is 2.52. The lowest BCUT2D eigenvalue weighted by Crippen LogP contribution is -2.15. The van der Waals surface area contributed by atoms with E-state index in [-0.39, 0.29) is 11.5 Å². The third-order valence-electron chi connectivity index (χ3n) is 2.83. The molecule has 5 nitrogen and oxygen atoms in total. The summed E-state index contributed by atoms with van der Waals surface area (Å²) in [6.45, 7) is 2.44. The van der Waals surface area contributed by atoms with Crippen molar-refractivity contribution < 1.29 is 0 Å². The van der Waals surface area contributed by atoms with Gasteiger partial charge in [-0.3, -0.25) is 4.79 Å². The van der Waals surface area contributed by atoms with Gasteiger partial charge in [-0.2, -0.15) is 4.52 Å². The van der Waals surface area contributed by atoms with Gasteiger partial charge in [-0.1, -0.05) is 11.3 Å². The van der Waals surface area contributed by atoms with E-state index in [1.54, 1.807) is 6.92 Å². The molecule has 2 aromatic heterocycles. The Bertz CT molecular complexity index is 665. The highest BCUT2D eigenvalue weighted by atomic mass is 35.5. The normalized spacial score (nSPS) is 21.2. The fourth-order valence-electron chi connectivity index (χ4n) is 1.69. The van der Waals surface area contributed by atoms with Crippen LogP contribution in [0.3, 0.4) is 0 Å². The minimum absolute atomic E-state index is 0.169. The van der Waals surface area contributed by atoms with Crippen molar-refractivity contribution in [3.63, 3.8) is 0 Å². The van der Waals surface area contributed by atoms with Crippen LogP contribution in [0.2, 0.25) is 0 Å². The number of hydrogen-bond donors (Lipinski definition) is 1. The molecule has 0 bridgehead atoms. The van der Waals surface area contributed by atoms with Crippen molar-refractivity contribution in [1.82, 2.24) is 14.6 Å². The van der Waals surface area contributed by atoms with Crippen LogP contribution in [0, 0.1) is 12.8 Å². The maximum Gasteiger partial charge on any atom is 0.275 e. The highest BCUT2D eigenvalue weighted by molar-refractivity contribution is 7.20. The molecule has 1 N–H and O–H groups in total. The molecule has 2 aromatic rings. The van der Waals surface area contributed by atoms with Gasteiger partial charge in [0, 0.05) is 24.2 Å². The predicted octanol–water partition coefficient (Wildman–Crippen LogP) is 2.07. The standard InChI is InChI=1S/C10H10Cl2N4OS/c1-5-2-7(17)16-9(14-5)18-8(15-16)13-4-6-3-10(6,11)12/h2,6H,3-4H2,1H3,(H,13,15)/t6-/m1/s1. The molecule has 1 atom stereocenters. The summed E-state index contributed by atoms with van der Waals surface area (Å²) in [5.41, 5.74) is 0.523. The second-order valence-corrected chi connectivity index (χ2v) is 6.88. The maximum atomic E-state index is 11.7. The first-order valence-corrected chi connectivity index (χ1v) is 7.02. The lowest BCUT2D eigenvalue weighted by atomic mass is 10.4. The number of aromatic nitrogens is 3. The summed E-state index contributed by atoms with van der Waals surface area (Å²) in [7, 11) is 0. The van der Waals surface area contributed by atoms with Crippen LogP contribution in [0.15, 0.2) is 10.9 Å². The molecule has 1 saturated carbocycles. The van der Waals surface area contributed by atoms with E-state index >= 15 is 0 Å². The number of rotatable bonds is 3. The molecule has 1 aliphatic rings. The monoisotopic (exact) mass is 304 g/mol. The zero-order chi connectivity index (χ0) is 12.9. The van der Waals surface area contributed by atoms with Crippen molar-refractivity contribution in [2.45, 2.75) is 17.7 Å². The summed E-state index contributed by atoms with van der Waals surface area (Å²) in [5.74, 6) is 0.235. The van der Waals surface area contributed by atoms with Crippen LogP contribution in [0.25, 0.3) is 4.96 Å². The van der Waals surface area contributed by atoms with E-state index in [1.165, 1.54) is 21.9 Å². The third kappa shape index (κ3) is 2.20. The van der Waals surface area contributed by atoms with Gasteiger partial charge in [0.15, 0.2) is 0 Å². The second-order valence-electron chi connectivity index (χ2n) is 4.38. The lowest BCUT2D eigenvalue weighted by molar-refractivity contribution is 0.849. The van der Waals surface area contributed by atoms with Crippen molar-refractivity contribution >= 4 is 44.6 Å². The summed E-state index contributed by atoms with van der Waals surface area (Å²) >= 11 is 13.2. The minimum Gasteiger partial charge on any atom is -0.360 e. The first kappa shape index (κ1) is 12.2. The second kappa shape index (κ2) is 4.08. The minimum atomic E-state index is -0.602. The Morgan fingerprint density at radius 2 is 2.39 bits per heavy atom. The largest absolute Gasteiger partial charge is 0.360 e. The van der Waals surface area contributed by atoms with Gasteiger partial charge in [-0.05, 0) is 13.3 Å². The van der Waals surface area contributed by atoms with Gasteiger partial charge < -0.3 is 5.32 Å². The van der Waals surface area contributed by atoms with Crippen LogP contribution in [0.5, 0.6) is 0 Å². The van der Waals surface area contributed by atoms with Crippen LogP contribution < -0.4 is 10.9 Å². The Morgan fingerprint density at radius 1 is 1.67 bits per heavy atom. The number of anilines is 1. The summed E-state index contributed by atoms with van der Waals surface area (Å²) in [4.78, 5) is 16.5. The van der Waals surface area contributed by atoms with Crippen molar-refractivity contribution in [2.24, 2.45) is 5.92 Å². The summed E-state index contributed by atoms with van der Waals surface area (Å²) in [6, 6.07) is 1.46. The van der Waals surface area contributed by atoms with Gasteiger partial charge in [-0.15, -0.1) is 28.3 Å². The Morgan fingerprint density at radius 3 is 3.06 bits per heavy atom. The van der Waals surface area contributed by atoms with E-state index in [0.717, 1.165) is 6.42 Å². The quantitative estimate of drug-likeness (QED) is 0.882. The molecule has 0 amide bonds. The van der Waals surface area contributed by atoms with Crippen LogP contribution in [0.1, 0.15) is 12.1 Å². The van der Waals surface area contributed by atoms with Gasteiger partial charge in [-0.25, -0.2) is 4.98 Å². The Hall–Kier alpha value is -0.850. The number of halogens is 2. The Balaban J connectivity index is 1.81. The molecule has 8 heteroatoms. The van der Waals surface area contributed by atoms with Gasteiger partial charge in [0.2, 0.25) is 10.1 Å². The number of nitrogens with zero attached hydrogens (tertiary/aromatic N) is 3. The Kier molecular flexibility index (Phi) is 2.76. The lowest BCUT2D eigenvalue weighted by Gasteiger charge is -2.00. The van der Waals surface area contributed by atoms with Gasteiger partial charge >= 0.3 is 0 Å². The first-order valence-electron chi connectivity index (χ1n) is 5.45. The average Bonchev–Trinajstić information content (AvgIpc) is 2.70. The van der Waals surface area contributed by atoms with Crippen molar-refractivity contribution in [2.75, 3.05) is 11.9 Å². The highest BCUT2D eigenvalue weighted by Gasteiger charge is 2.51. The topological polar surface area (TPSA) is 59.3 Å². The first-order chi connectivity index (χ1) is 8.45. The molecule has 96 valence electrons. The molecule has 0 aliphatic heterocycles. The smallest absolute Gasteiger partial charge is 0.275 e.